The van der Waals surface area contributed by atoms with E-state index < -0.39 is 11.6 Å². The van der Waals surface area contributed by atoms with Gasteiger partial charge in [-0.3, -0.25) is 9.78 Å². The van der Waals surface area contributed by atoms with Gasteiger partial charge in [0.25, 0.3) is 5.91 Å². The number of amides is 1. The Bertz CT molecular complexity index is 544. The predicted octanol–water partition coefficient (Wildman–Crippen LogP) is 2.27. The maximum absolute atomic E-state index is 13.1. The van der Waals surface area contributed by atoms with E-state index in [4.69, 9.17) is 9.47 Å². The van der Waals surface area contributed by atoms with Crippen LogP contribution in [-0.2, 0) is 9.47 Å². The molecule has 120 valence electrons. The Labute approximate surface area is 129 Å². The van der Waals surface area contributed by atoms with Crippen LogP contribution in [0, 0.1) is 11.7 Å². The number of nitrogens with one attached hydrogen (secondary N) is 1. The summed E-state index contributed by atoms with van der Waals surface area (Å²) in [4.78, 5) is 15.6. The Morgan fingerprint density at radius 2 is 2.23 bits per heavy atom. The predicted molar refractivity (Wildman–Crippen MR) is 77.7 cm³/mol. The number of ether oxygens (including phenoxy) is 2. The van der Waals surface area contributed by atoms with E-state index in [1.165, 1.54) is 12.3 Å². The second-order valence-corrected chi connectivity index (χ2v) is 6.25. The van der Waals surface area contributed by atoms with Crippen molar-refractivity contribution in [3.05, 3.63) is 29.8 Å². The summed E-state index contributed by atoms with van der Waals surface area (Å²) >= 11 is 0. The van der Waals surface area contributed by atoms with E-state index in [0.29, 0.717) is 13.2 Å². The normalized spacial score (nSPS) is 31.4. The standard InChI is InChI=1S/C16H21FN2O3/c1-11-2-4-16(5-3-11)21-10-14(22-16)9-19-15(20)12-6-13(17)8-18-7-12/h6-8,11,14H,2-5,9-10H2,1H3,(H,19,20)/t11?,14-,16?/m0/s1. The van der Waals surface area contributed by atoms with Gasteiger partial charge in [-0.05, 0) is 24.8 Å². The Hall–Kier alpha value is -1.53. The molecule has 1 aliphatic carbocycles. The van der Waals surface area contributed by atoms with Crippen LogP contribution < -0.4 is 5.32 Å². The third-order valence-electron chi connectivity index (χ3n) is 4.41. The van der Waals surface area contributed by atoms with Crippen LogP contribution in [0.25, 0.3) is 0 Å². The topological polar surface area (TPSA) is 60.5 Å². The van der Waals surface area contributed by atoms with Gasteiger partial charge in [0.2, 0.25) is 0 Å². The molecule has 1 aliphatic heterocycles. The summed E-state index contributed by atoms with van der Waals surface area (Å²) in [6.45, 7) is 3.08. The van der Waals surface area contributed by atoms with E-state index in [9.17, 15) is 9.18 Å². The fraction of sp³-hybridized carbons (Fsp3) is 0.625. The van der Waals surface area contributed by atoms with Crippen LogP contribution in [0.1, 0.15) is 43.0 Å². The highest BCUT2D eigenvalue weighted by Gasteiger charge is 2.43. The van der Waals surface area contributed by atoms with E-state index in [2.05, 4.69) is 17.2 Å². The smallest absolute Gasteiger partial charge is 0.253 e. The number of hydrogen-bond donors (Lipinski definition) is 1. The number of hydrogen-bond acceptors (Lipinski definition) is 4. The Kier molecular flexibility index (Phi) is 4.40. The van der Waals surface area contributed by atoms with Gasteiger partial charge in [0.15, 0.2) is 5.79 Å². The molecule has 1 N–H and O–H groups in total. The average Bonchev–Trinajstić information content (AvgIpc) is 2.91. The van der Waals surface area contributed by atoms with Crippen molar-refractivity contribution >= 4 is 5.91 Å². The summed E-state index contributed by atoms with van der Waals surface area (Å²) in [5.74, 6) is -0.614. The fourth-order valence-corrected chi connectivity index (χ4v) is 3.03. The minimum atomic E-state index is -0.525. The molecule has 0 unspecified atom stereocenters. The van der Waals surface area contributed by atoms with Gasteiger partial charge >= 0.3 is 0 Å². The first-order valence-electron chi connectivity index (χ1n) is 7.77. The molecule has 0 radical (unpaired) electrons. The number of carbonyl (C=O) groups excluding carboxylic acids is 1. The third kappa shape index (κ3) is 3.44. The first-order chi connectivity index (χ1) is 10.6. The van der Waals surface area contributed by atoms with E-state index in [-0.39, 0.29) is 17.6 Å². The van der Waals surface area contributed by atoms with Crippen molar-refractivity contribution in [1.82, 2.24) is 10.3 Å². The summed E-state index contributed by atoms with van der Waals surface area (Å²) < 4.78 is 24.9. The highest BCUT2D eigenvalue weighted by Crippen LogP contribution is 2.39. The molecule has 2 heterocycles. The molecule has 5 nitrogen and oxygen atoms in total. The second-order valence-electron chi connectivity index (χ2n) is 6.25. The molecule has 1 saturated heterocycles. The number of pyridine rings is 1. The van der Waals surface area contributed by atoms with Crippen molar-refractivity contribution in [1.29, 1.82) is 0 Å². The fourth-order valence-electron chi connectivity index (χ4n) is 3.03. The SMILES string of the molecule is CC1CCC2(CC1)OC[C@H](CNC(=O)c1cncc(F)c1)O2. The molecule has 3 rings (SSSR count). The first-order valence-corrected chi connectivity index (χ1v) is 7.77. The van der Waals surface area contributed by atoms with Gasteiger partial charge in [0.1, 0.15) is 11.9 Å². The van der Waals surface area contributed by atoms with Crippen molar-refractivity contribution in [2.24, 2.45) is 5.92 Å². The van der Waals surface area contributed by atoms with Gasteiger partial charge in [-0.2, -0.15) is 0 Å². The van der Waals surface area contributed by atoms with E-state index >= 15 is 0 Å². The van der Waals surface area contributed by atoms with E-state index in [1.54, 1.807) is 0 Å². The zero-order valence-corrected chi connectivity index (χ0v) is 12.7. The van der Waals surface area contributed by atoms with Crippen LogP contribution in [0.3, 0.4) is 0 Å². The van der Waals surface area contributed by atoms with E-state index in [1.807, 2.05) is 0 Å². The minimum Gasteiger partial charge on any atom is -0.349 e. The maximum atomic E-state index is 13.1. The molecule has 1 aromatic rings. The molecular formula is C16H21FN2O3. The average molecular weight is 308 g/mol. The second kappa shape index (κ2) is 6.30. The van der Waals surface area contributed by atoms with Crippen molar-refractivity contribution in [2.75, 3.05) is 13.2 Å². The van der Waals surface area contributed by atoms with Gasteiger partial charge in [-0.1, -0.05) is 6.92 Å². The quantitative estimate of drug-likeness (QED) is 0.930. The van der Waals surface area contributed by atoms with Gasteiger partial charge < -0.3 is 14.8 Å². The van der Waals surface area contributed by atoms with Crippen LogP contribution in [-0.4, -0.2) is 35.9 Å². The number of aromatic nitrogens is 1. The highest BCUT2D eigenvalue weighted by molar-refractivity contribution is 5.93. The van der Waals surface area contributed by atoms with Crippen LogP contribution in [0.4, 0.5) is 4.39 Å². The Morgan fingerprint density at radius 1 is 1.45 bits per heavy atom. The van der Waals surface area contributed by atoms with Crippen molar-refractivity contribution in [2.45, 2.75) is 44.5 Å². The van der Waals surface area contributed by atoms with Crippen molar-refractivity contribution < 1.29 is 18.7 Å². The molecule has 1 amide bonds. The molecule has 1 aromatic heterocycles. The van der Waals surface area contributed by atoms with Gasteiger partial charge in [0.05, 0.1) is 18.4 Å². The largest absolute Gasteiger partial charge is 0.349 e. The lowest BCUT2D eigenvalue weighted by Crippen LogP contribution is -2.38. The third-order valence-corrected chi connectivity index (χ3v) is 4.41. The monoisotopic (exact) mass is 308 g/mol. The van der Waals surface area contributed by atoms with E-state index in [0.717, 1.165) is 37.8 Å². The summed E-state index contributed by atoms with van der Waals surface area (Å²) in [5, 5.41) is 2.75. The van der Waals surface area contributed by atoms with Crippen LogP contribution >= 0.6 is 0 Å². The van der Waals surface area contributed by atoms with Crippen molar-refractivity contribution in [3.63, 3.8) is 0 Å². The number of carbonyl (C=O) groups is 1. The van der Waals surface area contributed by atoms with Crippen LogP contribution in [0.5, 0.6) is 0 Å². The van der Waals surface area contributed by atoms with Gasteiger partial charge in [-0.25, -0.2) is 4.39 Å². The molecular weight excluding hydrogens is 287 g/mol. The number of rotatable bonds is 3. The molecule has 0 bridgehead atoms. The zero-order chi connectivity index (χ0) is 15.6. The summed E-state index contributed by atoms with van der Waals surface area (Å²) in [5.41, 5.74) is 0.208. The zero-order valence-electron chi connectivity index (χ0n) is 12.7. The molecule has 1 atom stereocenters. The summed E-state index contributed by atoms with van der Waals surface area (Å²) in [6.07, 6.45) is 6.28. The summed E-state index contributed by atoms with van der Waals surface area (Å²) in [6, 6.07) is 1.17. The van der Waals surface area contributed by atoms with Gasteiger partial charge in [-0.15, -0.1) is 0 Å². The Morgan fingerprint density at radius 3 is 2.95 bits per heavy atom. The van der Waals surface area contributed by atoms with Crippen LogP contribution in [0.15, 0.2) is 18.5 Å². The number of nitrogens with zero attached hydrogens (tertiary/aromatic N) is 1. The molecule has 2 aliphatic rings. The van der Waals surface area contributed by atoms with Crippen LogP contribution in [0.2, 0.25) is 0 Å². The number of halogens is 1. The lowest BCUT2D eigenvalue weighted by molar-refractivity contribution is -0.191. The molecule has 6 heteroatoms. The molecule has 1 spiro atoms. The summed E-state index contributed by atoms with van der Waals surface area (Å²) in [7, 11) is 0. The first kappa shape index (κ1) is 15.4. The lowest BCUT2D eigenvalue weighted by Gasteiger charge is -2.34. The highest BCUT2D eigenvalue weighted by atomic mass is 19.1. The van der Waals surface area contributed by atoms with Crippen molar-refractivity contribution in [3.8, 4) is 0 Å². The lowest BCUT2D eigenvalue weighted by atomic mass is 9.86. The molecule has 2 fully saturated rings. The molecule has 22 heavy (non-hydrogen) atoms. The minimum absolute atomic E-state index is 0.154. The maximum Gasteiger partial charge on any atom is 0.253 e. The molecule has 0 aromatic carbocycles. The Balaban J connectivity index is 1.50. The van der Waals surface area contributed by atoms with Gasteiger partial charge in [0, 0.05) is 25.6 Å². The molecule has 1 saturated carbocycles.